The highest BCUT2D eigenvalue weighted by Gasteiger charge is 2.57. The molecule has 0 radical (unpaired) electrons. The molecule has 1 unspecified atom stereocenters. The summed E-state index contributed by atoms with van der Waals surface area (Å²) in [5.74, 6) is 0.271. The zero-order chi connectivity index (χ0) is 19.5. The highest BCUT2D eigenvalue weighted by Crippen LogP contribution is 2.56. The second-order valence-corrected chi connectivity index (χ2v) is 9.88. The second kappa shape index (κ2) is 8.31. The number of nitrogens with one attached hydrogen (secondary N) is 2. The van der Waals surface area contributed by atoms with Crippen LogP contribution in [0.3, 0.4) is 0 Å². The fraction of sp³-hybridized carbons (Fsp3) is 0.714. The molecule has 1 saturated heterocycles. The van der Waals surface area contributed by atoms with Crippen LogP contribution in [0, 0.1) is 10.8 Å². The van der Waals surface area contributed by atoms with Crippen LogP contribution >= 0.6 is 11.3 Å². The minimum atomic E-state index is -0.385. The minimum Gasteiger partial charge on any atom is -0.356 e. The zero-order valence-electron chi connectivity index (χ0n) is 16.8. The Kier molecular flexibility index (Phi) is 6.26. The summed E-state index contributed by atoms with van der Waals surface area (Å²) < 4.78 is 0. The Morgan fingerprint density at radius 1 is 1.33 bits per heavy atom. The number of rotatable bonds is 7. The SMILES string of the molecule is CC(C)(C)C(=O)NCCCC(=O)N(Cc1ccsc1)C1CC12CCNCC2. The normalized spacial score (nSPS) is 21.1. The summed E-state index contributed by atoms with van der Waals surface area (Å²) in [5, 5.41) is 10.6. The highest BCUT2D eigenvalue weighted by atomic mass is 32.1. The number of nitrogens with zero attached hydrogens (tertiary/aromatic N) is 1. The first-order chi connectivity index (χ1) is 12.8. The summed E-state index contributed by atoms with van der Waals surface area (Å²) in [6.45, 7) is 9.13. The average molecular weight is 392 g/mol. The fourth-order valence-electron chi connectivity index (χ4n) is 4.03. The largest absolute Gasteiger partial charge is 0.356 e. The lowest BCUT2D eigenvalue weighted by Gasteiger charge is -2.29. The van der Waals surface area contributed by atoms with E-state index in [1.165, 1.54) is 18.4 Å². The average Bonchev–Trinajstić information content (AvgIpc) is 3.05. The minimum absolute atomic E-state index is 0.0425. The molecule has 2 fully saturated rings. The highest BCUT2D eigenvalue weighted by molar-refractivity contribution is 7.07. The van der Waals surface area contributed by atoms with E-state index >= 15 is 0 Å². The maximum atomic E-state index is 13.0. The van der Waals surface area contributed by atoms with Crippen LogP contribution < -0.4 is 10.6 Å². The Labute approximate surface area is 166 Å². The van der Waals surface area contributed by atoms with Crippen molar-refractivity contribution >= 4 is 23.2 Å². The van der Waals surface area contributed by atoms with Crippen LogP contribution in [0.25, 0.3) is 0 Å². The molecule has 27 heavy (non-hydrogen) atoms. The van der Waals surface area contributed by atoms with Gasteiger partial charge in [-0.15, -0.1) is 0 Å². The maximum absolute atomic E-state index is 13.0. The fourth-order valence-corrected chi connectivity index (χ4v) is 4.69. The molecule has 1 aromatic rings. The maximum Gasteiger partial charge on any atom is 0.225 e. The van der Waals surface area contributed by atoms with Gasteiger partial charge in [0.2, 0.25) is 11.8 Å². The van der Waals surface area contributed by atoms with Crippen LogP contribution in [0.1, 0.15) is 58.4 Å². The van der Waals surface area contributed by atoms with Crippen molar-refractivity contribution in [3.63, 3.8) is 0 Å². The van der Waals surface area contributed by atoms with Crippen LogP contribution in [0.15, 0.2) is 16.8 Å². The summed E-state index contributed by atoms with van der Waals surface area (Å²) in [7, 11) is 0. The molecular weight excluding hydrogens is 358 g/mol. The van der Waals surface area contributed by atoms with Crippen molar-refractivity contribution in [2.45, 2.75) is 65.5 Å². The van der Waals surface area contributed by atoms with Crippen molar-refractivity contribution in [1.29, 1.82) is 0 Å². The lowest BCUT2D eigenvalue weighted by atomic mass is 9.93. The Morgan fingerprint density at radius 2 is 2.07 bits per heavy atom. The van der Waals surface area contributed by atoms with Crippen molar-refractivity contribution in [3.8, 4) is 0 Å². The Morgan fingerprint density at radius 3 is 2.70 bits per heavy atom. The van der Waals surface area contributed by atoms with Crippen molar-refractivity contribution in [2.24, 2.45) is 10.8 Å². The molecule has 0 bridgehead atoms. The molecule has 2 amide bonds. The van der Waals surface area contributed by atoms with E-state index in [-0.39, 0.29) is 17.2 Å². The van der Waals surface area contributed by atoms with E-state index in [2.05, 4.69) is 32.4 Å². The van der Waals surface area contributed by atoms with Gasteiger partial charge in [-0.25, -0.2) is 0 Å². The number of carbonyl (C=O) groups is 2. The van der Waals surface area contributed by atoms with Crippen molar-refractivity contribution in [1.82, 2.24) is 15.5 Å². The predicted molar refractivity (Wildman–Crippen MR) is 110 cm³/mol. The molecule has 1 saturated carbocycles. The molecule has 6 heteroatoms. The zero-order valence-corrected chi connectivity index (χ0v) is 17.7. The number of piperidine rings is 1. The van der Waals surface area contributed by atoms with E-state index in [9.17, 15) is 9.59 Å². The summed E-state index contributed by atoms with van der Waals surface area (Å²) >= 11 is 1.68. The van der Waals surface area contributed by atoms with Gasteiger partial charge in [-0.1, -0.05) is 20.8 Å². The Balaban J connectivity index is 1.54. The third kappa shape index (κ3) is 5.11. The number of carbonyl (C=O) groups excluding carboxylic acids is 2. The summed E-state index contributed by atoms with van der Waals surface area (Å²) in [6.07, 6.45) is 4.69. The number of amides is 2. The third-order valence-electron chi connectivity index (χ3n) is 5.91. The van der Waals surface area contributed by atoms with Gasteiger partial charge in [-0.05, 0) is 66.6 Å². The van der Waals surface area contributed by atoms with Crippen molar-refractivity contribution in [2.75, 3.05) is 19.6 Å². The van der Waals surface area contributed by atoms with Gasteiger partial charge in [0.1, 0.15) is 0 Å². The lowest BCUT2D eigenvalue weighted by Crippen LogP contribution is -2.39. The van der Waals surface area contributed by atoms with E-state index in [1.54, 1.807) is 11.3 Å². The molecule has 1 aromatic heterocycles. The first-order valence-corrected chi connectivity index (χ1v) is 11.1. The molecule has 150 valence electrons. The lowest BCUT2D eigenvalue weighted by molar-refractivity contribution is -0.133. The van der Waals surface area contributed by atoms with Gasteiger partial charge in [0, 0.05) is 31.0 Å². The van der Waals surface area contributed by atoms with Crippen LogP contribution in [0.4, 0.5) is 0 Å². The first-order valence-electron chi connectivity index (χ1n) is 10.1. The van der Waals surface area contributed by atoms with Crippen LogP contribution in [-0.4, -0.2) is 42.4 Å². The van der Waals surface area contributed by atoms with E-state index < -0.39 is 0 Å². The molecule has 3 rings (SSSR count). The van der Waals surface area contributed by atoms with Crippen LogP contribution in [0.2, 0.25) is 0 Å². The monoisotopic (exact) mass is 391 g/mol. The summed E-state index contributed by atoms with van der Waals surface area (Å²) in [5.41, 5.74) is 1.19. The molecule has 2 N–H and O–H groups in total. The van der Waals surface area contributed by atoms with Gasteiger partial charge < -0.3 is 15.5 Å². The first kappa shape index (κ1) is 20.3. The molecule has 1 atom stereocenters. The van der Waals surface area contributed by atoms with Crippen LogP contribution in [0.5, 0.6) is 0 Å². The van der Waals surface area contributed by atoms with Crippen LogP contribution in [-0.2, 0) is 16.1 Å². The summed E-state index contributed by atoms with van der Waals surface area (Å²) in [4.78, 5) is 27.1. The standard InChI is InChI=1S/C21H33N3O2S/c1-20(2,3)19(26)23-9-4-5-18(25)24(14-16-6-12-27-15-16)17-13-21(17)7-10-22-11-8-21/h6,12,15,17,22H,4-5,7-11,13-14H2,1-3H3,(H,23,26). The van der Waals surface area contributed by atoms with E-state index in [0.29, 0.717) is 30.8 Å². The number of hydrogen-bond acceptors (Lipinski definition) is 4. The topological polar surface area (TPSA) is 61.4 Å². The van der Waals surface area contributed by atoms with Gasteiger partial charge in [0.25, 0.3) is 0 Å². The Hall–Kier alpha value is -1.40. The molecule has 5 nitrogen and oxygen atoms in total. The van der Waals surface area contributed by atoms with Gasteiger partial charge in [0.05, 0.1) is 0 Å². The predicted octanol–water partition coefficient (Wildman–Crippen LogP) is 3.16. The quantitative estimate of drug-likeness (QED) is 0.702. The smallest absolute Gasteiger partial charge is 0.225 e. The summed E-state index contributed by atoms with van der Waals surface area (Å²) in [6, 6.07) is 2.50. The third-order valence-corrected chi connectivity index (χ3v) is 6.64. The number of hydrogen-bond donors (Lipinski definition) is 2. The molecule has 1 aliphatic heterocycles. The van der Waals surface area contributed by atoms with Gasteiger partial charge in [-0.2, -0.15) is 11.3 Å². The van der Waals surface area contributed by atoms with E-state index in [4.69, 9.17) is 0 Å². The Bertz CT molecular complexity index is 645. The molecule has 2 aliphatic rings. The molecule has 1 aliphatic carbocycles. The second-order valence-electron chi connectivity index (χ2n) is 9.09. The van der Waals surface area contributed by atoms with E-state index in [1.807, 2.05) is 20.8 Å². The molecular formula is C21H33N3O2S. The van der Waals surface area contributed by atoms with Gasteiger partial charge in [0.15, 0.2) is 0 Å². The van der Waals surface area contributed by atoms with Gasteiger partial charge >= 0.3 is 0 Å². The van der Waals surface area contributed by atoms with Crippen molar-refractivity contribution in [3.05, 3.63) is 22.4 Å². The van der Waals surface area contributed by atoms with Gasteiger partial charge in [-0.3, -0.25) is 9.59 Å². The van der Waals surface area contributed by atoms with Crippen molar-refractivity contribution < 1.29 is 9.59 Å². The number of thiophene rings is 1. The molecule has 0 aromatic carbocycles. The van der Waals surface area contributed by atoms with E-state index in [0.717, 1.165) is 26.1 Å². The molecule has 2 heterocycles. The molecule has 1 spiro atoms.